The predicted octanol–water partition coefficient (Wildman–Crippen LogP) is 1.62. The van der Waals surface area contributed by atoms with Crippen LogP contribution in [-0.2, 0) is 11.8 Å². The molecule has 1 unspecified atom stereocenters. The first-order chi connectivity index (χ1) is 13.0. The number of urea groups is 1. The van der Waals surface area contributed by atoms with Crippen LogP contribution in [0.25, 0.3) is 11.4 Å². The van der Waals surface area contributed by atoms with Gasteiger partial charge >= 0.3 is 6.03 Å². The molecule has 27 heavy (non-hydrogen) atoms. The van der Waals surface area contributed by atoms with Crippen LogP contribution in [0.2, 0.25) is 0 Å². The van der Waals surface area contributed by atoms with Gasteiger partial charge in [-0.1, -0.05) is 42.5 Å². The summed E-state index contributed by atoms with van der Waals surface area (Å²) in [6, 6.07) is 15.2. The van der Waals surface area contributed by atoms with Crippen molar-refractivity contribution in [2.45, 2.75) is 12.5 Å². The average molecular weight is 365 g/mol. The monoisotopic (exact) mass is 365 g/mol. The van der Waals surface area contributed by atoms with Crippen molar-refractivity contribution >= 4 is 17.6 Å². The first-order valence-electron chi connectivity index (χ1n) is 8.26. The highest BCUT2D eigenvalue weighted by molar-refractivity contribution is 5.92. The maximum atomic E-state index is 12.5. The van der Waals surface area contributed by atoms with Gasteiger partial charge in [0.05, 0.1) is 12.5 Å². The van der Waals surface area contributed by atoms with E-state index < -0.39 is 12.1 Å². The summed E-state index contributed by atoms with van der Waals surface area (Å²) in [6.45, 7) is 0. The number of carbonyl (C=O) groups excluding carboxylic acids is 2. The van der Waals surface area contributed by atoms with Gasteiger partial charge in [-0.3, -0.25) is 4.79 Å². The summed E-state index contributed by atoms with van der Waals surface area (Å²) in [4.78, 5) is 23.8. The van der Waals surface area contributed by atoms with Gasteiger partial charge in [-0.15, -0.1) is 5.10 Å². The lowest BCUT2D eigenvalue weighted by Gasteiger charge is -2.18. The van der Waals surface area contributed by atoms with Crippen molar-refractivity contribution in [2.75, 3.05) is 5.32 Å². The number of nitrogens with one attached hydrogen (secondary N) is 2. The smallest absolute Gasteiger partial charge is 0.312 e. The predicted molar refractivity (Wildman–Crippen MR) is 99.4 cm³/mol. The Hall–Kier alpha value is -3.75. The lowest BCUT2D eigenvalue weighted by atomic mass is 10.0. The van der Waals surface area contributed by atoms with E-state index in [-0.39, 0.29) is 12.3 Å². The number of tetrazole rings is 1. The lowest BCUT2D eigenvalue weighted by Crippen LogP contribution is -2.35. The van der Waals surface area contributed by atoms with Crippen LogP contribution in [0.1, 0.15) is 18.0 Å². The fourth-order valence-corrected chi connectivity index (χ4v) is 2.72. The zero-order valence-electron chi connectivity index (χ0n) is 14.7. The van der Waals surface area contributed by atoms with Gasteiger partial charge in [0, 0.05) is 18.3 Å². The molecule has 0 radical (unpaired) electrons. The Labute approximate surface area is 155 Å². The van der Waals surface area contributed by atoms with E-state index in [1.807, 2.05) is 36.4 Å². The molecule has 0 saturated carbocycles. The van der Waals surface area contributed by atoms with Crippen LogP contribution in [0.4, 0.5) is 10.5 Å². The fourth-order valence-electron chi connectivity index (χ4n) is 2.72. The van der Waals surface area contributed by atoms with Gasteiger partial charge in [-0.05, 0) is 28.1 Å². The molecule has 3 amide bonds. The SMILES string of the molecule is Cn1nnnc1-c1cccc(NC(=O)CC(NC(N)=O)c2ccccc2)c1. The first kappa shape index (κ1) is 18.1. The zero-order valence-corrected chi connectivity index (χ0v) is 14.7. The van der Waals surface area contributed by atoms with Crippen LogP contribution in [0.15, 0.2) is 54.6 Å². The Morgan fingerprint density at radius 2 is 1.93 bits per heavy atom. The number of carbonyl (C=O) groups is 2. The van der Waals surface area contributed by atoms with E-state index >= 15 is 0 Å². The highest BCUT2D eigenvalue weighted by atomic mass is 16.2. The zero-order chi connectivity index (χ0) is 19.2. The van der Waals surface area contributed by atoms with Crippen LogP contribution in [-0.4, -0.2) is 32.1 Å². The summed E-state index contributed by atoms with van der Waals surface area (Å²) in [5, 5.41) is 16.8. The fraction of sp³-hybridized carbons (Fsp3) is 0.167. The lowest BCUT2D eigenvalue weighted by molar-refractivity contribution is -0.116. The van der Waals surface area contributed by atoms with E-state index in [0.717, 1.165) is 11.1 Å². The van der Waals surface area contributed by atoms with Gasteiger partial charge in [-0.2, -0.15) is 0 Å². The van der Waals surface area contributed by atoms with E-state index in [4.69, 9.17) is 5.73 Å². The molecule has 0 aliphatic rings. The number of hydrogen-bond acceptors (Lipinski definition) is 5. The van der Waals surface area contributed by atoms with Crippen molar-refractivity contribution in [3.63, 3.8) is 0 Å². The Balaban J connectivity index is 1.72. The second-order valence-corrected chi connectivity index (χ2v) is 5.93. The van der Waals surface area contributed by atoms with Crippen LogP contribution in [0.3, 0.4) is 0 Å². The maximum Gasteiger partial charge on any atom is 0.312 e. The number of aromatic nitrogens is 4. The molecule has 0 bridgehead atoms. The third-order valence-electron chi connectivity index (χ3n) is 3.93. The summed E-state index contributed by atoms with van der Waals surface area (Å²) in [5.41, 5.74) is 7.42. The quantitative estimate of drug-likeness (QED) is 0.611. The molecule has 3 aromatic rings. The minimum Gasteiger partial charge on any atom is -0.352 e. The molecular formula is C18H19N7O2. The van der Waals surface area contributed by atoms with Crippen LogP contribution >= 0.6 is 0 Å². The van der Waals surface area contributed by atoms with Crippen molar-refractivity contribution in [1.82, 2.24) is 25.5 Å². The largest absolute Gasteiger partial charge is 0.352 e. The van der Waals surface area contributed by atoms with Gasteiger partial charge < -0.3 is 16.4 Å². The van der Waals surface area contributed by atoms with Gasteiger partial charge in [0.15, 0.2) is 5.82 Å². The van der Waals surface area contributed by atoms with Crippen molar-refractivity contribution in [3.05, 3.63) is 60.2 Å². The molecule has 4 N–H and O–H groups in total. The number of nitrogens with zero attached hydrogens (tertiary/aromatic N) is 4. The third kappa shape index (κ3) is 4.66. The molecular weight excluding hydrogens is 346 g/mol. The number of aryl methyl sites for hydroxylation is 1. The highest BCUT2D eigenvalue weighted by Gasteiger charge is 2.17. The van der Waals surface area contributed by atoms with E-state index in [1.165, 1.54) is 0 Å². The highest BCUT2D eigenvalue weighted by Crippen LogP contribution is 2.21. The van der Waals surface area contributed by atoms with Gasteiger partial charge in [-0.25, -0.2) is 9.48 Å². The van der Waals surface area contributed by atoms with E-state index in [2.05, 4.69) is 26.2 Å². The number of primary amides is 1. The summed E-state index contributed by atoms with van der Waals surface area (Å²) in [5.74, 6) is 0.328. The molecule has 2 aromatic carbocycles. The normalized spacial score (nSPS) is 11.6. The molecule has 138 valence electrons. The molecule has 1 aromatic heterocycles. The molecule has 0 saturated heterocycles. The molecule has 3 rings (SSSR count). The number of rotatable bonds is 6. The van der Waals surface area contributed by atoms with E-state index in [9.17, 15) is 9.59 Å². The van der Waals surface area contributed by atoms with Crippen molar-refractivity contribution < 1.29 is 9.59 Å². The molecule has 1 atom stereocenters. The number of nitrogens with two attached hydrogens (primary N) is 1. The molecule has 0 aliphatic carbocycles. The van der Waals surface area contributed by atoms with E-state index in [1.54, 1.807) is 29.9 Å². The van der Waals surface area contributed by atoms with Gasteiger partial charge in [0.1, 0.15) is 0 Å². The number of hydrogen-bond donors (Lipinski definition) is 3. The maximum absolute atomic E-state index is 12.5. The third-order valence-corrected chi connectivity index (χ3v) is 3.93. The Bertz CT molecular complexity index is 940. The van der Waals surface area contributed by atoms with Gasteiger partial charge in [0.2, 0.25) is 5.91 Å². The Morgan fingerprint density at radius 3 is 2.59 bits per heavy atom. The average Bonchev–Trinajstić information content (AvgIpc) is 3.08. The number of anilines is 1. The molecule has 1 heterocycles. The molecule has 0 fully saturated rings. The first-order valence-corrected chi connectivity index (χ1v) is 8.26. The van der Waals surface area contributed by atoms with Crippen LogP contribution < -0.4 is 16.4 Å². The Kier molecular flexibility index (Phi) is 5.41. The number of benzene rings is 2. The molecule has 0 aliphatic heterocycles. The van der Waals surface area contributed by atoms with Crippen molar-refractivity contribution in [1.29, 1.82) is 0 Å². The molecule has 9 nitrogen and oxygen atoms in total. The van der Waals surface area contributed by atoms with Crippen LogP contribution in [0.5, 0.6) is 0 Å². The summed E-state index contributed by atoms with van der Waals surface area (Å²) < 4.78 is 1.54. The Morgan fingerprint density at radius 1 is 1.15 bits per heavy atom. The summed E-state index contributed by atoms with van der Waals surface area (Å²) in [7, 11) is 1.74. The van der Waals surface area contributed by atoms with Crippen molar-refractivity contribution in [3.8, 4) is 11.4 Å². The summed E-state index contributed by atoms with van der Waals surface area (Å²) >= 11 is 0. The second-order valence-electron chi connectivity index (χ2n) is 5.93. The topological polar surface area (TPSA) is 128 Å². The second kappa shape index (κ2) is 8.09. The summed E-state index contributed by atoms with van der Waals surface area (Å²) in [6.07, 6.45) is 0.0443. The molecule has 0 spiro atoms. The molecule has 9 heteroatoms. The van der Waals surface area contributed by atoms with Gasteiger partial charge in [0.25, 0.3) is 0 Å². The van der Waals surface area contributed by atoms with Crippen LogP contribution in [0, 0.1) is 0 Å². The minimum absolute atomic E-state index is 0.0443. The number of amides is 3. The van der Waals surface area contributed by atoms with Crippen molar-refractivity contribution in [2.24, 2.45) is 12.8 Å². The standard InChI is InChI=1S/C18H19N7O2/c1-25-17(22-23-24-25)13-8-5-9-14(10-13)20-16(26)11-15(21-18(19)27)12-6-3-2-4-7-12/h2-10,15H,11H2,1H3,(H,20,26)(H3,19,21,27). The van der Waals surface area contributed by atoms with E-state index in [0.29, 0.717) is 11.5 Å². The minimum atomic E-state index is -0.687.